The summed E-state index contributed by atoms with van der Waals surface area (Å²) in [7, 11) is 0. The topological polar surface area (TPSA) is 35.8 Å². The summed E-state index contributed by atoms with van der Waals surface area (Å²) in [5, 5.41) is 11.6. The molecule has 0 aromatic heterocycles. The summed E-state index contributed by atoms with van der Waals surface area (Å²) in [4.78, 5) is 0. The van der Waals surface area contributed by atoms with E-state index in [4.69, 9.17) is 5.26 Å². The van der Waals surface area contributed by atoms with Gasteiger partial charge in [-0.3, -0.25) is 0 Å². The second-order valence-corrected chi connectivity index (χ2v) is 2.15. The van der Waals surface area contributed by atoms with Crippen molar-refractivity contribution >= 4 is 24.8 Å². The van der Waals surface area contributed by atoms with E-state index in [9.17, 15) is 0 Å². The molecule has 1 heterocycles. The first kappa shape index (κ1) is 12.7. The molecule has 1 fully saturated rings. The molecule has 1 aliphatic heterocycles. The van der Waals surface area contributed by atoms with Crippen LogP contribution >= 0.6 is 24.8 Å². The third kappa shape index (κ3) is 3.94. The van der Waals surface area contributed by atoms with Gasteiger partial charge >= 0.3 is 0 Å². The summed E-state index contributed by atoms with van der Waals surface area (Å²) in [5.41, 5.74) is 0. The third-order valence-corrected chi connectivity index (χ3v) is 1.52. The molecule has 0 unspecified atom stereocenters. The molecule has 60 valence electrons. The Morgan fingerprint density at radius 3 is 2.00 bits per heavy atom. The first-order chi connectivity index (χ1) is 3.93. The maximum Gasteiger partial charge on any atom is 0.0656 e. The minimum Gasteiger partial charge on any atom is -0.317 e. The predicted octanol–water partition coefficient (Wildman–Crippen LogP) is 1.35. The lowest BCUT2D eigenvalue weighted by Crippen LogP contribution is -2.26. The highest BCUT2D eigenvalue weighted by atomic mass is 35.5. The monoisotopic (exact) mass is 182 g/mol. The molecule has 0 aromatic rings. The van der Waals surface area contributed by atoms with Gasteiger partial charge in [-0.25, -0.2) is 0 Å². The van der Waals surface area contributed by atoms with Gasteiger partial charge in [-0.05, 0) is 25.9 Å². The van der Waals surface area contributed by atoms with Crippen LogP contribution in [0.3, 0.4) is 0 Å². The van der Waals surface area contributed by atoms with Crippen molar-refractivity contribution in [3.63, 3.8) is 0 Å². The lowest BCUT2D eigenvalue weighted by atomic mass is 10.0. The first-order valence-corrected chi connectivity index (χ1v) is 3.04. The van der Waals surface area contributed by atoms with Gasteiger partial charge in [-0.2, -0.15) is 5.26 Å². The minimum atomic E-state index is 0. The zero-order chi connectivity index (χ0) is 5.82. The van der Waals surface area contributed by atoms with Crippen molar-refractivity contribution in [2.24, 2.45) is 5.92 Å². The van der Waals surface area contributed by atoms with Gasteiger partial charge in [0.1, 0.15) is 0 Å². The van der Waals surface area contributed by atoms with Crippen LogP contribution in [0.25, 0.3) is 0 Å². The summed E-state index contributed by atoms with van der Waals surface area (Å²) >= 11 is 0. The quantitative estimate of drug-likeness (QED) is 0.615. The van der Waals surface area contributed by atoms with E-state index in [1.807, 2.05) is 0 Å². The van der Waals surface area contributed by atoms with Gasteiger partial charge < -0.3 is 5.32 Å². The lowest BCUT2D eigenvalue weighted by Gasteiger charge is -2.15. The van der Waals surface area contributed by atoms with Gasteiger partial charge in [-0.1, -0.05) is 0 Å². The van der Waals surface area contributed by atoms with E-state index in [0.29, 0.717) is 5.92 Å². The van der Waals surface area contributed by atoms with Crippen LogP contribution in [-0.2, 0) is 0 Å². The zero-order valence-corrected chi connectivity index (χ0v) is 7.30. The molecule has 0 spiro atoms. The minimum absolute atomic E-state index is 0. The Morgan fingerprint density at radius 1 is 1.20 bits per heavy atom. The Bertz CT molecular complexity index is 105. The molecule has 0 atom stereocenters. The van der Waals surface area contributed by atoms with Crippen LogP contribution < -0.4 is 5.32 Å². The molecule has 1 aliphatic rings. The maximum absolute atomic E-state index is 8.41. The summed E-state index contributed by atoms with van der Waals surface area (Å²) in [6.07, 6.45) is 2.08. The molecule has 0 aromatic carbocycles. The van der Waals surface area contributed by atoms with Gasteiger partial charge in [0, 0.05) is 5.92 Å². The first-order valence-electron chi connectivity index (χ1n) is 3.04. The summed E-state index contributed by atoms with van der Waals surface area (Å²) in [5.74, 6) is 0.330. The van der Waals surface area contributed by atoms with Crippen LogP contribution in [0.2, 0.25) is 0 Å². The molecule has 1 rings (SSSR count). The highest BCUT2D eigenvalue weighted by molar-refractivity contribution is 5.85. The number of nitriles is 1. The van der Waals surface area contributed by atoms with E-state index < -0.39 is 0 Å². The third-order valence-electron chi connectivity index (χ3n) is 1.52. The molecule has 1 saturated heterocycles. The van der Waals surface area contributed by atoms with E-state index in [-0.39, 0.29) is 24.8 Å². The Hall–Kier alpha value is 0.0300. The molecule has 0 saturated carbocycles. The summed E-state index contributed by atoms with van der Waals surface area (Å²) < 4.78 is 0. The smallest absolute Gasteiger partial charge is 0.0656 e. The second kappa shape index (κ2) is 7.14. The normalized spacial score (nSPS) is 17.9. The van der Waals surface area contributed by atoms with E-state index in [2.05, 4.69) is 11.4 Å². The van der Waals surface area contributed by atoms with Gasteiger partial charge in [0.05, 0.1) is 6.07 Å². The van der Waals surface area contributed by atoms with Crippen LogP contribution in [0.5, 0.6) is 0 Å². The largest absolute Gasteiger partial charge is 0.317 e. The van der Waals surface area contributed by atoms with Gasteiger partial charge in [0.25, 0.3) is 0 Å². The van der Waals surface area contributed by atoms with Crippen molar-refractivity contribution in [1.29, 1.82) is 5.26 Å². The fourth-order valence-corrected chi connectivity index (χ4v) is 0.951. The van der Waals surface area contributed by atoms with E-state index >= 15 is 0 Å². The lowest BCUT2D eigenvalue weighted by molar-refractivity contribution is 0.444. The Labute approximate surface area is 73.8 Å². The number of nitrogens with zero attached hydrogens (tertiary/aromatic N) is 1. The highest BCUT2D eigenvalue weighted by Crippen LogP contribution is 2.08. The number of nitrogens with one attached hydrogen (secondary N) is 1. The number of halogens is 2. The van der Waals surface area contributed by atoms with Crippen molar-refractivity contribution < 1.29 is 0 Å². The molecule has 2 nitrogen and oxygen atoms in total. The van der Waals surface area contributed by atoms with Gasteiger partial charge in [0.2, 0.25) is 0 Å². The van der Waals surface area contributed by atoms with Crippen molar-refractivity contribution in [3.05, 3.63) is 0 Å². The molecule has 0 aliphatic carbocycles. The van der Waals surface area contributed by atoms with E-state index in [1.165, 1.54) is 0 Å². The van der Waals surface area contributed by atoms with Crippen LogP contribution in [-0.4, -0.2) is 13.1 Å². The van der Waals surface area contributed by atoms with Crippen molar-refractivity contribution in [1.82, 2.24) is 5.32 Å². The number of hydrogen-bond acceptors (Lipinski definition) is 2. The molecule has 4 heteroatoms. The Balaban J connectivity index is 0. The van der Waals surface area contributed by atoms with Gasteiger partial charge in [-0.15, -0.1) is 24.8 Å². The van der Waals surface area contributed by atoms with Crippen molar-refractivity contribution in [3.8, 4) is 6.07 Å². The second-order valence-electron chi connectivity index (χ2n) is 2.15. The van der Waals surface area contributed by atoms with Gasteiger partial charge in [0.15, 0.2) is 0 Å². The predicted molar refractivity (Wildman–Crippen MR) is 45.7 cm³/mol. The molecular formula is C6H12Cl2N2. The number of rotatable bonds is 0. The standard InChI is InChI=1S/C6H10N2.2ClH/c7-5-6-1-3-8-4-2-6;;/h6,8H,1-4H2;2*1H. The average Bonchev–Trinajstić information content (AvgIpc) is 1.90. The molecule has 1 N–H and O–H groups in total. The molecule has 0 bridgehead atoms. The Kier molecular flexibility index (Phi) is 9.06. The van der Waals surface area contributed by atoms with Crippen molar-refractivity contribution in [2.45, 2.75) is 12.8 Å². The fourth-order valence-electron chi connectivity index (χ4n) is 0.951. The maximum atomic E-state index is 8.41. The summed E-state index contributed by atoms with van der Waals surface area (Å²) in [6.45, 7) is 2.05. The Morgan fingerprint density at radius 2 is 1.70 bits per heavy atom. The number of piperidine rings is 1. The van der Waals surface area contributed by atoms with E-state index in [0.717, 1.165) is 25.9 Å². The molecule has 0 amide bonds. The molecule has 0 radical (unpaired) electrons. The summed E-state index contributed by atoms with van der Waals surface area (Å²) in [6, 6.07) is 2.26. The molecule has 10 heavy (non-hydrogen) atoms. The SMILES string of the molecule is Cl.Cl.N#CC1CCNCC1. The van der Waals surface area contributed by atoms with Crippen LogP contribution in [0.4, 0.5) is 0 Å². The van der Waals surface area contributed by atoms with Crippen LogP contribution in [0, 0.1) is 17.2 Å². The fraction of sp³-hybridized carbons (Fsp3) is 0.833. The van der Waals surface area contributed by atoms with E-state index in [1.54, 1.807) is 0 Å². The average molecular weight is 183 g/mol. The van der Waals surface area contributed by atoms with Crippen LogP contribution in [0.15, 0.2) is 0 Å². The number of hydrogen-bond donors (Lipinski definition) is 1. The van der Waals surface area contributed by atoms with Crippen molar-refractivity contribution in [2.75, 3.05) is 13.1 Å². The zero-order valence-electron chi connectivity index (χ0n) is 5.67. The van der Waals surface area contributed by atoms with Crippen LogP contribution in [0.1, 0.15) is 12.8 Å². The highest BCUT2D eigenvalue weighted by Gasteiger charge is 2.09. The molecular weight excluding hydrogens is 171 g/mol.